The Labute approximate surface area is 197 Å². The zero-order chi connectivity index (χ0) is 23.2. The van der Waals surface area contributed by atoms with Gasteiger partial charge in [0.25, 0.3) is 0 Å². The third-order valence-corrected chi connectivity index (χ3v) is 5.85. The number of hydrogen-bond donors (Lipinski definition) is 1. The molecule has 0 unspecified atom stereocenters. The highest BCUT2D eigenvalue weighted by Gasteiger charge is 2.26. The molecule has 1 fully saturated rings. The average Bonchev–Trinajstić information content (AvgIpc) is 3.44. The van der Waals surface area contributed by atoms with E-state index in [0.717, 1.165) is 48.7 Å². The van der Waals surface area contributed by atoms with Crippen LogP contribution in [0, 0.1) is 5.92 Å². The molecule has 0 spiro atoms. The third-order valence-electron chi connectivity index (χ3n) is 5.85. The van der Waals surface area contributed by atoms with Crippen molar-refractivity contribution in [1.29, 1.82) is 0 Å². The van der Waals surface area contributed by atoms with Crippen LogP contribution in [-0.4, -0.2) is 43.7 Å². The van der Waals surface area contributed by atoms with Gasteiger partial charge in [-0.3, -0.25) is 4.79 Å². The monoisotopic (exact) mass is 455 g/mol. The van der Waals surface area contributed by atoms with E-state index >= 15 is 0 Å². The van der Waals surface area contributed by atoms with Crippen molar-refractivity contribution in [2.24, 2.45) is 5.92 Å². The maximum Gasteiger partial charge on any atom is 0.227 e. The molecule has 1 N–H and O–H groups in total. The molecule has 1 aliphatic heterocycles. The standard InChI is InChI=1S/C25H25N7O2/c33-25(30-21-6-8-22(9-7-21)34-15-19-4-2-1-3-5-19)20-10-12-31(13-11-20)23-14-24(28-17-27-23)32-18-26-16-29-32/h1-9,14,16-18,20H,10-13,15H2,(H,30,33). The summed E-state index contributed by atoms with van der Waals surface area (Å²) in [6, 6.07) is 19.4. The van der Waals surface area contributed by atoms with Gasteiger partial charge in [0, 0.05) is 30.8 Å². The lowest BCUT2D eigenvalue weighted by Gasteiger charge is -2.32. The van der Waals surface area contributed by atoms with Gasteiger partial charge in [-0.15, -0.1) is 0 Å². The van der Waals surface area contributed by atoms with Crippen LogP contribution < -0.4 is 15.0 Å². The number of carbonyl (C=O) groups is 1. The molecule has 34 heavy (non-hydrogen) atoms. The summed E-state index contributed by atoms with van der Waals surface area (Å²) in [5.74, 6) is 2.26. The van der Waals surface area contributed by atoms with Crippen molar-refractivity contribution in [1.82, 2.24) is 24.7 Å². The molecule has 0 bridgehead atoms. The quantitative estimate of drug-likeness (QED) is 0.455. The van der Waals surface area contributed by atoms with Gasteiger partial charge in [-0.2, -0.15) is 5.10 Å². The minimum Gasteiger partial charge on any atom is -0.489 e. The molecular weight excluding hydrogens is 430 g/mol. The van der Waals surface area contributed by atoms with Crippen molar-refractivity contribution in [2.75, 3.05) is 23.3 Å². The maximum absolute atomic E-state index is 12.8. The topological polar surface area (TPSA) is 98.1 Å². The lowest BCUT2D eigenvalue weighted by atomic mass is 9.96. The van der Waals surface area contributed by atoms with E-state index in [2.05, 4.69) is 30.3 Å². The smallest absolute Gasteiger partial charge is 0.227 e. The Kier molecular flexibility index (Phi) is 6.42. The first-order valence-corrected chi connectivity index (χ1v) is 11.2. The number of hydrogen-bond acceptors (Lipinski definition) is 7. The van der Waals surface area contributed by atoms with E-state index in [9.17, 15) is 4.79 Å². The Balaban J connectivity index is 1.12. The predicted molar refractivity (Wildman–Crippen MR) is 128 cm³/mol. The van der Waals surface area contributed by atoms with Crippen LogP contribution in [0.1, 0.15) is 18.4 Å². The fraction of sp³-hybridized carbons (Fsp3) is 0.240. The fourth-order valence-corrected chi connectivity index (χ4v) is 3.95. The molecule has 5 rings (SSSR count). The molecule has 172 valence electrons. The number of nitrogens with one attached hydrogen (secondary N) is 1. The number of aromatic nitrogens is 5. The number of benzene rings is 2. The van der Waals surface area contributed by atoms with E-state index in [-0.39, 0.29) is 11.8 Å². The molecule has 3 heterocycles. The van der Waals surface area contributed by atoms with Crippen molar-refractivity contribution < 1.29 is 9.53 Å². The number of anilines is 2. The van der Waals surface area contributed by atoms with Crippen LogP contribution >= 0.6 is 0 Å². The van der Waals surface area contributed by atoms with Crippen molar-refractivity contribution in [3.63, 3.8) is 0 Å². The summed E-state index contributed by atoms with van der Waals surface area (Å²) in [4.78, 5) is 27.6. The molecule has 0 saturated carbocycles. The highest BCUT2D eigenvalue weighted by Crippen LogP contribution is 2.24. The predicted octanol–water partition coefficient (Wildman–Crippen LogP) is 3.49. The lowest BCUT2D eigenvalue weighted by Crippen LogP contribution is -2.38. The minimum atomic E-state index is -0.0399. The first-order valence-electron chi connectivity index (χ1n) is 11.2. The molecule has 0 radical (unpaired) electrons. The van der Waals surface area contributed by atoms with Crippen molar-refractivity contribution in [3.05, 3.63) is 85.2 Å². The van der Waals surface area contributed by atoms with Crippen molar-refractivity contribution in [3.8, 4) is 11.6 Å². The van der Waals surface area contributed by atoms with E-state index in [1.54, 1.807) is 11.0 Å². The number of carbonyl (C=O) groups excluding carboxylic acids is 1. The van der Waals surface area contributed by atoms with Gasteiger partial charge in [0.2, 0.25) is 5.91 Å². The van der Waals surface area contributed by atoms with E-state index in [0.29, 0.717) is 12.4 Å². The normalized spacial score (nSPS) is 14.1. The number of amides is 1. The van der Waals surface area contributed by atoms with Gasteiger partial charge < -0.3 is 15.0 Å². The first kappa shape index (κ1) is 21.6. The summed E-state index contributed by atoms with van der Waals surface area (Å²) < 4.78 is 7.42. The Morgan fingerprint density at radius 2 is 1.74 bits per heavy atom. The SMILES string of the molecule is O=C(Nc1ccc(OCc2ccccc2)cc1)C1CCN(c2cc(-n3cncn3)ncn2)CC1. The van der Waals surface area contributed by atoms with Crippen LogP contribution in [0.3, 0.4) is 0 Å². The lowest BCUT2D eigenvalue weighted by molar-refractivity contribution is -0.120. The Bertz CT molecular complexity index is 1210. The molecule has 1 saturated heterocycles. The zero-order valence-electron chi connectivity index (χ0n) is 18.6. The third kappa shape index (κ3) is 5.20. The fourth-order valence-electron chi connectivity index (χ4n) is 3.95. The van der Waals surface area contributed by atoms with Gasteiger partial charge in [-0.25, -0.2) is 19.6 Å². The van der Waals surface area contributed by atoms with Crippen LogP contribution in [0.4, 0.5) is 11.5 Å². The zero-order valence-corrected chi connectivity index (χ0v) is 18.6. The average molecular weight is 456 g/mol. The molecule has 2 aromatic heterocycles. The molecule has 2 aromatic carbocycles. The second-order valence-corrected chi connectivity index (χ2v) is 8.12. The van der Waals surface area contributed by atoms with E-state index in [4.69, 9.17) is 4.74 Å². The number of nitrogens with zero attached hydrogens (tertiary/aromatic N) is 6. The van der Waals surface area contributed by atoms with Crippen LogP contribution in [0.25, 0.3) is 5.82 Å². The minimum absolute atomic E-state index is 0.0399. The molecular formula is C25H25N7O2. The Morgan fingerprint density at radius 3 is 2.47 bits per heavy atom. The second-order valence-electron chi connectivity index (χ2n) is 8.12. The number of piperidine rings is 1. The highest BCUT2D eigenvalue weighted by molar-refractivity contribution is 5.92. The largest absolute Gasteiger partial charge is 0.489 e. The van der Waals surface area contributed by atoms with Crippen LogP contribution in [0.2, 0.25) is 0 Å². The highest BCUT2D eigenvalue weighted by atomic mass is 16.5. The van der Waals surface area contributed by atoms with E-state index in [1.807, 2.05) is 60.7 Å². The maximum atomic E-state index is 12.8. The van der Waals surface area contributed by atoms with Crippen LogP contribution in [0.15, 0.2) is 79.6 Å². The second kappa shape index (κ2) is 10.1. The summed E-state index contributed by atoms with van der Waals surface area (Å²) >= 11 is 0. The Morgan fingerprint density at radius 1 is 0.971 bits per heavy atom. The number of ether oxygens (including phenoxy) is 1. The molecule has 4 aromatic rings. The van der Waals surface area contributed by atoms with Gasteiger partial charge in [-0.05, 0) is 42.7 Å². The van der Waals surface area contributed by atoms with E-state index in [1.165, 1.54) is 12.7 Å². The molecule has 1 aliphatic rings. The summed E-state index contributed by atoms with van der Waals surface area (Å²) in [7, 11) is 0. The van der Waals surface area contributed by atoms with Gasteiger partial charge in [0.15, 0.2) is 5.82 Å². The van der Waals surface area contributed by atoms with Crippen molar-refractivity contribution in [2.45, 2.75) is 19.4 Å². The summed E-state index contributed by atoms with van der Waals surface area (Å²) in [6.45, 7) is 2.01. The van der Waals surface area contributed by atoms with Gasteiger partial charge in [0.05, 0.1) is 0 Å². The summed E-state index contributed by atoms with van der Waals surface area (Å²) in [5.41, 5.74) is 1.88. The Hall–Kier alpha value is -4.27. The van der Waals surface area contributed by atoms with Gasteiger partial charge >= 0.3 is 0 Å². The van der Waals surface area contributed by atoms with Gasteiger partial charge in [0.1, 0.15) is 37.2 Å². The van der Waals surface area contributed by atoms with Gasteiger partial charge in [-0.1, -0.05) is 30.3 Å². The molecule has 1 amide bonds. The molecule has 9 heteroatoms. The summed E-state index contributed by atoms with van der Waals surface area (Å²) in [6.07, 6.45) is 6.11. The summed E-state index contributed by atoms with van der Waals surface area (Å²) in [5, 5.41) is 7.15. The van der Waals surface area contributed by atoms with Crippen LogP contribution in [-0.2, 0) is 11.4 Å². The van der Waals surface area contributed by atoms with Crippen molar-refractivity contribution >= 4 is 17.4 Å². The molecule has 0 atom stereocenters. The number of rotatable bonds is 7. The first-order chi connectivity index (χ1) is 16.7. The van der Waals surface area contributed by atoms with Crippen LogP contribution in [0.5, 0.6) is 5.75 Å². The van der Waals surface area contributed by atoms with E-state index < -0.39 is 0 Å². The molecule has 9 nitrogen and oxygen atoms in total. The molecule has 0 aliphatic carbocycles.